The molecule has 3 rings (SSSR count). The van der Waals surface area contributed by atoms with Gasteiger partial charge < -0.3 is 10.3 Å². The SMILES string of the molecule is Nc1nc(Cc2nc(CSC3CCCC3)no2)cs1. The molecule has 1 fully saturated rings. The number of anilines is 1. The van der Waals surface area contributed by atoms with Crippen LogP contribution in [-0.4, -0.2) is 20.4 Å². The van der Waals surface area contributed by atoms with Crippen molar-refractivity contribution in [2.24, 2.45) is 0 Å². The Kier molecular flexibility index (Phi) is 4.03. The number of rotatable bonds is 5. The maximum Gasteiger partial charge on any atom is 0.232 e. The Labute approximate surface area is 120 Å². The van der Waals surface area contributed by atoms with Gasteiger partial charge in [0.2, 0.25) is 5.89 Å². The highest BCUT2D eigenvalue weighted by Gasteiger charge is 2.17. The Morgan fingerprint density at radius 2 is 2.21 bits per heavy atom. The Hall–Kier alpha value is -1.08. The van der Waals surface area contributed by atoms with Crippen LogP contribution in [0.4, 0.5) is 5.13 Å². The van der Waals surface area contributed by atoms with E-state index in [0.29, 0.717) is 17.4 Å². The van der Waals surface area contributed by atoms with Crippen LogP contribution >= 0.6 is 23.1 Å². The van der Waals surface area contributed by atoms with Crippen molar-refractivity contribution in [3.05, 3.63) is 22.8 Å². The quantitative estimate of drug-likeness (QED) is 0.914. The van der Waals surface area contributed by atoms with Crippen molar-refractivity contribution >= 4 is 28.2 Å². The molecule has 0 radical (unpaired) electrons. The molecule has 0 amide bonds. The molecule has 0 unspecified atom stereocenters. The number of hydrogen-bond acceptors (Lipinski definition) is 7. The summed E-state index contributed by atoms with van der Waals surface area (Å²) in [5.74, 6) is 2.25. The van der Waals surface area contributed by atoms with E-state index >= 15 is 0 Å². The van der Waals surface area contributed by atoms with Crippen molar-refractivity contribution < 1.29 is 4.52 Å². The van der Waals surface area contributed by atoms with Crippen LogP contribution in [0.1, 0.15) is 43.1 Å². The fraction of sp³-hybridized carbons (Fsp3) is 0.583. The van der Waals surface area contributed by atoms with Gasteiger partial charge in [0.05, 0.1) is 17.9 Å². The lowest BCUT2D eigenvalue weighted by Crippen LogP contribution is -1.96. The van der Waals surface area contributed by atoms with Crippen molar-refractivity contribution in [2.75, 3.05) is 5.73 Å². The summed E-state index contributed by atoms with van der Waals surface area (Å²) in [6, 6.07) is 0. The first-order chi connectivity index (χ1) is 9.29. The van der Waals surface area contributed by atoms with Crippen LogP contribution in [0.5, 0.6) is 0 Å². The van der Waals surface area contributed by atoms with Crippen LogP contribution in [-0.2, 0) is 12.2 Å². The second-order valence-electron chi connectivity index (χ2n) is 4.68. The second kappa shape index (κ2) is 5.92. The molecule has 5 nitrogen and oxygen atoms in total. The highest BCUT2D eigenvalue weighted by Crippen LogP contribution is 2.31. The first kappa shape index (κ1) is 12.9. The van der Waals surface area contributed by atoms with Crippen molar-refractivity contribution in [1.29, 1.82) is 0 Å². The smallest absolute Gasteiger partial charge is 0.232 e. The third-order valence-corrected chi connectivity index (χ3v) is 5.25. The summed E-state index contributed by atoms with van der Waals surface area (Å²) in [7, 11) is 0. The van der Waals surface area contributed by atoms with Gasteiger partial charge in [0, 0.05) is 10.6 Å². The van der Waals surface area contributed by atoms with Crippen LogP contribution in [0.15, 0.2) is 9.90 Å². The third-order valence-electron chi connectivity index (χ3n) is 3.16. The summed E-state index contributed by atoms with van der Waals surface area (Å²) in [5, 5.41) is 7.29. The second-order valence-corrected chi connectivity index (χ2v) is 6.85. The lowest BCUT2D eigenvalue weighted by molar-refractivity contribution is 0.380. The largest absolute Gasteiger partial charge is 0.375 e. The molecule has 1 aliphatic rings. The predicted molar refractivity (Wildman–Crippen MR) is 77.2 cm³/mol. The molecule has 1 aliphatic carbocycles. The van der Waals surface area contributed by atoms with E-state index in [1.165, 1.54) is 37.0 Å². The summed E-state index contributed by atoms with van der Waals surface area (Å²) in [6.07, 6.45) is 5.94. The molecular formula is C12H16N4OS2. The number of hydrogen-bond donors (Lipinski definition) is 1. The minimum Gasteiger partial charge on any atom is -0.375 e. The van der Waals surface area contributed by atoms with Gasteiger partial charge >= 0.3 is 0 Å². The molecule has 19 heavy (non-hydrogen) atoms. The highest BCUT2D eigenvalue weighted by molar-refractivity contribution is 7.99. The number of aromatic nitrogens is 3. The molecule has 0 aromatic carbocycles. The van der Waals surface area contributed by atoms with Crippen molar-refractivity contribution in [3.63, 3.8) is 0 Å². The van der Waals surface area contributed by atoms with Crippen molar-refractivity contribution in [2.45, 2.75) is 43.1 Å². The average Bonchev–Trinajstić information content (AvgIpc) is 3.10. The Morgan fingerprint density at radius 3 is 2.95 bits per heavy atom. The summed E-state index contributed by atoms with van der Waals surface area (Å²) in [5.41, 5.74) is 6.48. The molecular weight excluding hydrogens is 280 g/mol. The van der Waals surface area contributed by atoms with Crippen molar-refractivity contribution in [3.8, 4) is 0 Å². The van der Waals surface area contributed by atoms with Gasteiger partial charge in [-0.3, -0.25) is 0 Å². The number of thioether (sulfide) groups is 1. The molecule has 2 aromatic heterocycles. The van der Waals surface area contributed by atoms with Gasteiger partial charge in [-0.05, 0) is 12.8 Å². The maximum atomic E-state index is 5.59. The zero-order chi connectivity index (χ0) is 13.1. The summed E-state index contributed by atoms with van der Waals surface area (Å²) in [4.78, 5) is 8.59. The fourth-order valence-corrected chi connectivity index (χ4v) is 3.96. The molecule has 0 spiro atoms. The summed E-state index contributed by atoms with van der Waals surface area (Å²) < 4.78 is 5.24. The van der Waals surface area contributed by atoms with Crippen LogP contribution in [0.3, 0.4) is 0 Å². The normalized spacial score (nSPS) is 16.2. The van der Waals surface area contributed by atoms with Crippen molar-refractivity contribution in [1.82, 2.24) is 15.1 Å². The molecule has 2 N–H and O–H groups in total. The molecule has 102 valence electrons. The van der Waals surface area contributed by atoms with E-state index in [1.807, 2.05) is 17.1 Å². The number of nitrogens with zero attached hydrogens (tertiary/aromatic N) is 3. The third kappa shape index (κ3) is 3.48. The zero-order valence-corrected chi connectivity index (χ0v) is 12.2. The topological polar surface area (TPSA) is 77.8 Å². The van der Waals surface area contributed by atoms with Gasteiger partial charge in [0.15, 0.2) is 11.0 Å². The zero-order valence-electron chi connectivity index (χ0n) is 10.5. The van der Waals surface area contributed by atoms with Gasteiger partial charge in [-0.1, -0.05) is 18.0 Å². The average molecular weight is 296 g/mol. The Balaban J connectivity index is 1.53. The van der Waals surface area contributed by atoms with Gasteiger partial charge in [0.1, 0.15) is 0 Å². The predicted octanol–water partition coefficient (Wildman–Crippen LogP) is 2.87. The van der Waals surface area contributed by atoms with E-state index in [0.717, 1.165) is 22.5 Å². The van der Waals surface area contributed by atoms with E-state index in [2.05, 4.69) is 15.1 Å². The molecule has 0 atom stereocenters. The van der Waals surface area contributed by atoms with Gasteiger partial charge in [-0.2, -0.15) is 16.7 Å². The lowest BCUT2D eigenvalue weighted by Gasteiger charge is -2.04. The monoisotopic (exact) mass is 296 g/mol. The molecule has 0 aliphatic heterocycles. The molecule has 2 heterocycles. The minimum atomic E-state index is 0.564. The van der Waals surface area contributed by atoms with E-state index in [4.69, 9.17) is 10.3 Å². The molecule has 1 saturated carbocycles. The van der Waals surface area contributed by atoms with Gasteiger partial charge in [0.25, 0.3) is 0 Å². The van der Waals surface area contributed by atoms with Crippen LogP contribution < -0.4 is 5.73 Å². The van der Waals surface area contributed by atoms with Gasteiger partial charge in [-0.25, -0.2) is 4.98 Å². The number of thiazole rings is 1. The lowest BCUT2D eigenvalue weighted by atomic mass is 10.3. The molecule has 0 saturated heterocycles. The molecule has 2 aromatic rings. The fourth-order valence-electron chi connectivity index (χ4n) is 2.23. The Bertz CT molecular complexity index is 533. The van der Waals surface area contributed by atoms with Crippen LogP contribution in [0.2, 0.25) is 0 Å². The number of nitrogens with two attached hydrogens (primary N) is 1. The van der Waals surface area contributed by atoms with Crippen LogP contribution in [0.25, 0.3) is 0 Å². The van der Waals surface area contributed by atoms with E-state index in [-0.39, 0.29) is 0 Å². The van der Waals surface area contributed by atoms with Crippen LogP contribution in [0, 0.1) is 0 Å². The summed E-state index contributed by atoms with van der Waals surface area (Å²) >= 11 is 3.37. The first-order valence-electron chi connectivity index (χ1n) is 6.42. The minimum absolute atomic E-state index is 0.564. The molecule has 7 heteroatoms. The number of nitrogen functional groups attached to an aromatic ring is 1. The summed E-state index contributed by atoms with van der Waals surface area (Å²) in [6.45, 7) is 0. The Morgan fingerprint density at radius 1 is 1.37 bits per heavy atom. The first-order valence-corrected chi connectivity index (χ1v) is 8.35. The highest BCUT2D eigenvalue weighted by atomic mass is 32.2. The maximum absolute atomic E-state index is 5.59. The molecule has 0 bridgehead atoms. The van der Waals surface area contributed by atoms with E-state index in [9.17, 15) is 0 Å². The standard InChI is InChI=1S/C12H16N4OS2/c13-12-14-8(6-19-12)5-11-15-10(16-17-11)7-18-9-3-1-2-4-9/h6,9H,1-5,7H2,(H2,13,14). The van der Waals surface area contributed by atoms with E-state index in [1.54, 1.807) is 0 Å². The van der Waals surface area contributed by atoms with Gasteiger partial charge in [-0.15, -0.1) is 11.3 Å². The van der Waals surface area contributed by atoms with E-state index < -0.39 is 0 Å².